The normalized spacial score (nSPS) is 13.3. The molecule has 0 saturated carbocycles. The molecule has 0 fully saturated rings. The molecule has 1 aromatic carbocycles. The van der Waals surface area contributed by atoms with Crippen molar-refractivity contribution in [2.24, 2.45) is 12.8 Å². The van der Waals surface area contributed by atoms with Crippen LogP contribution in [0.5, 0.6) is 0 Å². The van der Waals surface area contributed by atoms with Gasteiger partial charge >= 0.3 is 0 Å². The Hall–Kier alpha value is -0.840. The van der Waals surface area contributed by atoms with Crippen molar-refractivity contribution in [1.29, 1.82) is 0 Å². The van der Waals surface area contributed by atoms with E-state index in [4.69, 9.17) is 5.73 Å². The van der Waals surface area contributed by atoms with Gasteiger partial charge in [0.15, 0.2) is 0 Å². The molecule has 0 aliphatic carbocycles. The Morgan fingerprint density at radius 3 is 2.93 bits per heavy atom. The van der Waals surface area contributed by atoms with E-state index in [0.29, 0.717) is 0 Å². The second-order valence-electron chi connectivity index (χ2n) is 3.61. The second-order valence-corrected chi connectivity index (χ2v) is 4.52. The van der Waals surface area contributed by atoms with Gasteiger partial charge in [0.25, 0.3) is 0 Å². The Kier molecular flexibility index (Phi) is 2.82. The Morgan fingerprint density at radius 1 is 1.53 bits per heavy atom. The summed E-state index contributed by atoms with van der Waals surface area (Å²) in [5.74, 6) is 0. The zero-order valence-electron chi connectivity index (χ0n) is 8.44. The molecule has 0 aliphatic heterocycles. The molecule has 0 unspecified atom stereocenters. The van der Waals surface area contributed by atoms with E-state index in [9.17, 15) is 5.11 Å². The van der Waals surface area contributed by atoms with E-state index in [1.54, 1.807) is 0 Å². The molecule has 3 nitrogen and oxygen atoms in total. The van der Waals surface area contributed by atoms with Gasteiger partial charge < -0.3 is 15.4 Å². The summed E-state index contributed by atoms with van der Waals surface area (Å²) in [6, 6.07) is 6.01. The number of nitrogens with zero attached hydrogens (tertiary/aromatic N) is 1. The predicted molar refractivity (Wildman–Crippen MR) is 64.6 cm³/mol. The van der Waals surface area contributed by atoms with Crippen molar-refractivity contribution < 1.29 is 5.11 Å². The third kappa shape index (κ3) is 1.80. The van der Waals surface area contributed by atoms with Crippen molar-refractivity contribution in [2.75, 3.05) is 6.54 Å². The fourth-order valence-electron chi connectivity index (χ4n) is 1.79. The zero-order chi connectivity index (χ0) is 11.0. The van der Waals surface area contributed by atoms with Gasteiger partial charge in [-0.3, -0.25) is 0 Å². The van der Waals surface area contributed by atoms with Crippen LogP contribution in [0, 0.1) is 0 Å². The van der Waals surface area contributed by atoms with Crippen LogP contribution in [0.15, 0.2) is 28.9 Å². The number of nitrogens with two attached hydrogens (primary N) is 1. The highest BCUT2D eigenvalue weighted by molar-refractivity contribution is 9.10. The first-order valence-electron chi connectivity index (χ1n) is 4.76. The number of aryl methyl sites for hydroxylation is 1. The summed E-state index contributed by atoms with van der Waals surface area (Å²) in [6.45, 7) is 0.242. The minimum Gasteiger partial charge on any atom is -0.387 e. The van der Waals surface area contributed by atoms with Crippen LogP contribution < -0.4 is 5.73 Å². The molecule has 0 radical (unpaired) electrons. The van der Waals surface area contributed by atoms with Gasteiger partial charge in [0.1, 0.15) is 0 Å². The topological polar surface area (TPSA) is 51.2 Å². The van der Waals surface area contributed by atoms with Gasteiger partial charge in [-0.15, -0.1) is 0 Å². The fourth-order valence-corrected chi connectivity index (χ4v) is 2.15. The lowest BCUT2D eigenvalue weighted by Crippen LogP contribution is -2.10. The molecule has 1 aromatic heterocycles. The third-order valence-electron chi connectivity index (χ3n) is 2.56. The summed E-state index contributed by atoms with van der Waals surface area (Å²) in [5.41, 5.74) is 7.45. The molecule has 0 aliphatic rings. The lowest BCUT2D eigenvalue weighted by Gasteiger charge is -2.05. The van der Waals surface area contributed by atoms with Crippen LogP contribution in [0.2, 0.25) is 0 Å². The summed E-state index contributed by atoms with van der Waals surface area (Å²) >= 11 is 3.42. The van der Waals surface area contributed by atoms with Crippen molar-refractivity contribution >= 4 is 26.8 Å². The van der Waals surface area contributed by atoms with E-state index in [2.05, 4.69) is 15.9 Å². The number of hydrogen-bond donors (Lipinski definition) is 2. The maximum Gasteiger partial charge on any atom is 0.0932 e. The molecule has 2 aromatic rings. The Bertz CT molecular complexity index is 493. The van der Waals surface area contributed by atoms with E-state index in [-0.39, 0.29) is 6.54 Å². The number of aliphatic hydroxyl groups excluding tert-OH is 1. The molecule has 0 saturated heterocycles. The van der Waals surface area contributed by atoms with E-state index >= 15 is 0 Å². The van der Waals surface area contributed by atoms with Crippen LogP contribution in [0.4, 0.5) is 0 Å². The molecule has 0 spiro atoms. The third-order valence-corrected chi connectivity index (χ3v) is 3.06. The minimum atomic E-state index is -0.594. The largest absolute Gasteiger partial charge is 0.387 e. The molecular weight excluding hydrogens is 256 g/mol. The molecule has 4 heteroatoms. The van der Waals surface area contributed by atoms with Crippen molar-refractivity contribution in [3.05, 3.63) is 34.4 Å². The molecule has 3 N–H and O–H groups in total. The number of benzene rings is 1. The van der Waals surface area contributed by atoms with Gasteiger partial charge in [0, 0.05) is 40.7 Å². The van der Waals surface area contributed by atoms with Crippen LogP contribution in [0.3, 0.4) is 0 Å². The number of aromatic nitrogens is 1. The smallest absolute Gasteiger partial charge is 0.0932 e. The molecule has 15 heavy (non-hydrogen) atoms. The quantitative estimate of drug-likeness (QED) is 0.875. The van der Waals surface area contributed by atoms with Gasteiger partial charge in [-0.05, 0) is 18.2 Å². The number of aliphatic hydroxyl groups is 1. The van der Waals surface area contributed by atoms with E-state index in [1.165, 1.54) is 0 Å². The van der Waals surface area contributed by atoms with E-state index < -0.39 is 6.10 Å². The Balaban J connectivity index is 2.69. The van der Waals surface area contributed by atoms with E-state index in [1.807, 2.05) is 36.0 Å². The van der Waals surface area contributed by atoms with Crippen LogP contribution in [-0.4, -0.2) is 16.2 Å². The number of fused-ring (bicyclic) bond motifs is 1. The highest BCUT2D eigenvalue weighted by Crippen LogP contribution is 2.28. The number of rotatable bonds is 2. The predicted octanol–water partition coefficient (Wildman–Crippen LogP) is 1.93. The lowest BCUT2D eigenvalue weighted by atomic mass is 10.1. The second kappa shape index (κ2) is 3.96. The van der Waals surface area contributed by atoms with Crippen molar-refractivity contribution in [1.82, 2.24) is 4.57 Å². The van der Waals surface area contributed by atoms with E-state index in [0.717, 1.165) is 20.9 Å². The summed E-state index contributed by atoms with van der Waals surface area (Å²) in [4.78, 5) is 0. The monoisotopic (exact) mass is 268 g/mol. The standard InChI is InChI=1S/C11H13BrN2O/c1-14-6-9(11(15)5-13)8-4-7(12)2-3-10(8)14/h2-4,6,11,15H,5,13H2,1H3/t11-/m1/s1. The van der Waals surface area contributed by atoms with Gasteiger partial charge in [-0.1, -0.05) is 15.9 Å². The average molecular weight is 269 g/mol. The molecule has 0 amide bonds. The summed E-state index contributed by atoms with van der Waals surface area (Å²) in [5, 5.41) is 10.8. The van der Waals surface area contributed by atoms with Gasteiger partial charge in [-0.2, -0.15) is 0 Å². The minimum absolute atomic E-state index is 0.242. The Labute approximate surface area is 96.6 Å². The van der Waals surface area contributed by atoms with Crippen LogP contribution in [0.25, 0.3) is 10.9 Å². The van der Waals surface area contributed by atoms with Crippen LogP contribution in [-0.2, 0) is 7.05 Å². The van der Waals surface area contributed by atoms with Crippen LogP contribution >= 0.6 is 15.9 Å². The number of hydrogen-bond acceptors (Lipinski definition) is 2. The summed E-state index contributed by atoms with van der Waals surface area (Å²) < 4.78 is 3.00. The summed E-state index contributed by atoms with van der Waals surface area (Å²) in [7, 11) is 1.96. The van der Waals surface area contributed by atoms with Gasteiger partial charge in [0.2, 0.25) is 0 Å². The van der Waals surface area contributed by atoms with Gasteiger partial charge in [0.05, 0.1) is 6.10 Å². The molecule has 80 valence electrons. The molecule has 0 bridgehead atoms. The molecular formula is C11H13BrN2O. The highest BCUT2D eigenvalue weighted by atomic mass is 79.9. The maximum absolute atomic E-state index is 9.78. The van der Waals surface area contributed by atoms with Crippen molar-refractivity contribution in [3.63, 3.8) is 0 Å². The zero-order valence-corrected chi connectivity index (χ0v) is 10.0. The highest BCUT2D eigenvalue weighted by Gasteiger charge is 2.13. The summed E-state index contributed by atoms with van der Waals surface area (Å²) in [6.07, 6.45) is 1.33. The first-order valence-corrected chi connectivity index (χ1v) is 5.55. The van der Waals surface area contributed by atoms with Crippen molar-refractivity contribution in [3.8, 4) is 0 Å². The fraction of sp³-hybridized carbons (Fsp3) is 0.273. The first-order chi connectivity index (χ1) is 7.13. The molecule has 1 atom stereocenters. The van der Waals surface area contributed by atoms with Gasteiger partial charge in [-0.25, -0.2) is 0 Å². The van der Waals surface area contributed by atoms with Crippen LogP contribution in [0.1, 0.15) is 11.7 Å². The Morgan fingerprint density at radius 2 is 2.27 bits per heavy atom. The molecule has 2 rings (SSSR count). The van der Waals surface area contributed by atoms with Crippen molar-refractivity contribution in [2.45, 2.75) is 6.10 Å². The number of halogens is 1. The SMILES string of the molecule is Cn1cc([C@H](O)CN)c2cc(Br)ccc21. The maximum atomic E-state index is 9.78. The molecule has 1 heterocycles. The average Bonchev–Trinajstić information content (AvgIpc) is 2.54. The lowest BCUT2D eigenvalue weighted by molar-refractivity contribution is 0.188. The first kappa shape index (κ1) is 10.7.